The zero-order valence-corrected chi connectivity index (χ0v) is 7.91. The molecule has 1 aromatic carbocycles. The molecule has 1 aromatic rings. The molecule has 1 fully saturated rings. The highest BCUT2D eigenvalue weighted by molar-refractivity contribution is 5.22. The van der Waals surface area contributed by atoms with Crippen molar-refractivity contribution in [2.45, 2.75) is 12.5 Å². The van der Waals surface area contributed by atoms with Gasteiger partial charge in [0.1, 0.15) is 5.82 Å². The van der Waals surface area contributed by atoms with Gasteiger partial charge in [0.2, 0.25) is 0 Å². The first-order valence-electron chi connectivity index (χ1n) is 4.90. The molecular formula is C11H14FNO. The Balaban J connectivity index is 2.13. The van der Waals surface area contributed by atoms with Crippen LogP contribution in [0.3, 0.4) is 0 Å². The second-order valence-corrected chi connectivity index (χ2v) is 3.77. The summed E-state index contributed by atoms with van der Waals surface area (Å²) in [5.41, 5.74) is 0.712. The van der Waals surface area contributed by atoms with Crippen molar-refractivity contribution in [3.05, 3.63) is 35.6 Å². The molecule has 14 heavy (non-hydrogen) atoms. The number of rotatable bonds is 2. The van der Waals surface area contributed by atoms with Gasteiger partial charge in [-0.15, -0.1) is 0 Å². The molecule has 2 rings (SSSR count). The van der Waals surface area contributed by atoms with Crippen LogP contribution in [0.4, 0.5) is 4.39 Å². The van der Waals surface area contributed by atoms with Gasteiger partial charge in [-0.1, -0.05) is 18.2 Å². The Labute approximate surface area is 82.8 Å². The van der Waals surface area contributed by atoms with Gasteiger partial charge in [-0.05, 0) is 18.4 Å². The summed E-state index contributed by atoms with van der Waals surface area (Å²) in [7, 11) is 0. The number of halogens is 1. The van der Waals surface area contributed by atoms with Gasteiger partial charge in [0.15, 0.2) is 0 Å². The van der Waals surface area contributed by atoms with Crippen molar-refractivity contribution in [1.82, 2.24) is 5.32 Å². The molecule has 1 heterocycles. The van der Waals surface area contributed by atoms with Crippen LogP contribution in [-0.4, -0.2) is 18.3 Å². The van der Waals surface area contributed by atoms with Crippen LogP contribution in [0.5, 0.6) is 0 Å². The second kappa shape index (κ2) is 4.07. The highest BCUT2D eigenvalue weighted by Crippen LogP contribution is 2.28. The molecule has 0 amide bonds. The normalized spacial score (nSPS) is 26.7. The molecule has 0 bridgehead atoms. The van der Waals surface area contributed by atoms with Crippen molar-refractivity contribution < 1.29 is 9.50 Å². The van der Waals surface area contributed by atoms with Crippen molar-refractivity contribution in [3.8, 4) is 0 Å². The number of nitrogens with one attached hydrogen (secondary N) is 1. The summed E-state index contributed by atoms with van der Waals surface area (Å²) in [6.07, 6.45) is 0.817. The highest BCUT2D eigenvalue weighted by Gasteiger charge is 2.26. The van der Waals surface area contributed by atoms with Gasteiger partial charge in [-0.3, -0.25) is 0 Å². The number of hydrogen-bond acceptors (Lipinski definition) is 2. The first-order valence-corrected chi connectivity index (χ1v) is 4.90. The van der Waals surface area contributed by atoms with E-state index < -0.39 is 0 Å². The monoisotopic (exact) mass is 195 g/mol. The SMILES string of the molecule is OCC1CNC(c2ccccc2F)C1. The number of aliphatic hydroxyl groups is 1. The van der Waals surface area contributed by atoms with E-state index in [0.29, 0.717) is 5.56 Å². The summed E-state index contributed by atoms with van der Waals surface area (Å²) in [6, 6.07) is 6.87. The largest absolute Gasteiger partial charge is 0.396 e. The Kier molecular flexibility index (Phi) is 2.79. The zero-order chi connectivity index (χ0) is 9.97. The predicted molar refractivity (Wildman–Crippen MR) is 52.3 cm³/mol. The molecule has 2 unspecified atom stereocenters. The average molecular weight is 195 g/mol. The first kappa shape index (κ1) is 9.62. The predicted octanol–water partition coefficient (Wildman–Crippen LogP) is 1.47. The van der Waals surface area contributed by atoms with Crippen LogP contribution in [0.1, 0.15) is 18.0 Å². The fourth-order valence-electron chi connectivity index (χ4n) is 1.94. The van der Waals surface area contributed by atoms with E-state index in [9.17, 15) is 4.39 Å². The van der Waals surface area contributed by atoms with E-state index in [2.05, 4.69) is 5.32 Å². The van der Waals surface area contributed by atoms with Gasteiger partial charge in [-0.2, -0.15) is 0 Å². The maximum Gasteiger partial charge on any atom is 0.127 e. The van der Waals surface area contributed by atoms with Crippen LogP contribution in [0.2, 0.25) is 0 Å². The van der Waals surface area contributed by atoms with Gasteiger partial charge < -0.3 is 10.4 Å². The average Bonchev–Trinajstić information content (AvgIpc) is 2.67. The van der Waals surface area contributed by atoms with Crippen LogP contribution in [0.15, 0.2) is 24.3 Å². The summed E-state index contributed by atoms with van der Waals surface area (Å²) >= 11 is 0. The third-order valence-corrected chi connectivity index (χ3v) is 2.76. The minimum atomic E-state index is -0.163. The Morgan fingerprint density at radius 3 is 2.86 bits per heavy atom. The van der Waals surface area contributed by atoms with E-state index in [1.54, 1.807) is 12.1 Å². The minimum Gasteiger partial charge on any atom is -0.396 e. The third kappa shape index (κ3) is 1.79. The molecule has 2 N–H and O–H groups in total. The van der Waals surface area contributed by atoms with Gasteiger partial charge in [-0.25, -0.2) is 4.39 Å². The maximum atomic E-state index is 13.4. The number of benzene rings is 1. The van der Waals surface area contributed by atoms with Crippen LogP contribution < -0.4 is 5.32 Å². The van der Waals surface area contributed by atoms with Crippen molar-refractivity contribution in [2.24, 2.45) is 5.92 Å². The number of aliphatic hydroxyl groups excluding tert-OH is 1. The molecule has 0 aromatic heterocycles. The topological polar surface area (TPSA) is 32.3 Å². The van der Waals surface area contributed by atoms with E-state index in [1.807, 2.05) is 6.07 Å². The zero-order valence-electron chi connectivity index (χ0n) is 7.91. The van der Waals surface area contributed by atoms with E-state index in [1.165, 1.54) is 6.07 Å². The maximum absolute atomic E-state index is 13.4. The summed E-state index contributed by atoms with van der Waals surface area (Å²) in [5.74, 6) is 0.100. The quantitative estimate of drug-likeness (QED) is 0.749. The lowest BCUT2D eigenvalue weighted by atomic mass is 10.0. The highest BCUT2D eigenvalue weighted by atomic mass is 19.1. The second-order valence-electron chi connectivity index (χ2n) is 3.77. The molecule has 0 radical (unpaired) electrons. The molecule has 1 saturated heterocycles. The smallest absolute Gasteiger partial charge is 0.127 e. The van der Waals surface area contributed by atoms with Gasteiger partial charge in [0, 0.05) is 24.8 Å². The fourth-order valence-corrected chi connectivity index (χ4v) is 1.94. The van der Waals surface area contributed by atoms with Crippen LogP contribution >= 0.6 is 0 Å². The number of hydrogen-bond donors (Lipinski definition) is 2. The molecule has 0 aliphatic carbocycles. The molecule has 2 atom stereocenters. The summed E-state index contributed by atoms with van der Waals surface area (Å²) in [6.45, 7) is 0.952. The van der Waals surface area contributed by atoms with Crippen molar-refractivity contribution in [3.63, 3.8) is 0 Å². The van der Waals surface area contributed by atoms with Crippen molar-refractivity contribution in [2.75, 3.05) is 13.2 Å². The standard InChI is InChI=1S/C11H14FNO/c12-10-4-2-1-3-9(10)11-5-8(7-14)6-13-11/h1-4,8,11,13-14H,5-7H2. The van der Waals surface area contributed by atoms with E-state index in [-0.39, 0.29) is 24.4 Å². The third-order valence-electron chi connectivity index (χ3n) is 2.76. The Hall–Kier alpha value is -0.930. The van der Waals surface area contributed by atoms with E-state index in [4.69, 9.17) is 5.11 Å². The minimum absolute atomic E-state index is 0.0633. The van der Waals surface area contributed by atoms with Crippen LogP contribution in [-0.2, 0) is 0 Å². The van der Waals surface area contributed by atoms with Crippen LogP contribution in [0.25, 0.3) is 0 Å². The summed E-state index contributed by atoms with van der Waals surface area (Å²) in [5, 5.41) is 12.2. The molecule has 2 nitrogen and oxygen atoms in total. The van der Waals surface area contributed by atoms with Gasteiger partial charge in [0.25, 0.3) is 0 Å². The Morgan fingerprint density at radius 2 is 2.21 bits per heavy atom. The molecule has 1 aliphatic rings. The van der Waals surface area contributed by atoms with Gasteiger partial charge in [0.05, 0.1) is 0 Å². The fraction of sp³-hybridized carbons (Fsp3) is 0.455. The Morgan fingerprint density at radius 1 is 1.43 bits per heavy atom. The molecular weight excluding hydrogens is 181 g/mol. The lowest BCUT2D eigenvalue weighted by molar-refractivity contribution is 0.235. The Bertz CT molecular complexity index is 316. The van der Waals surface area contributed by atoms with E-state index in [0.717, 1.165) is 13.0 Å². The first-order chi connectivity index (χ1) is 6.81. The van der Waals surface area contributed by atoms with Crippen molar-refractivity contribution in [1.29, 1.82) is 0 Å². The lowest BCUT2D eigenvalue weighted by Crippen LogP contribution is -2.15. The molecule has 1 aliphatic heterocycles. The van der Waals surface area contributed by atoms with Crippen LogP contribution in [0, 0.1) is 11.7 Å². The van der Waals surface area contributed by atoms with E-state index >= 15 is 0 Å². The molecule has 76 valence electrons. The van der Waals surface area contributed by atoms with Gasteiger partial charge >= 0.3 is 0 Å². The van der Waals surface area contributed by atoms with Crippen molar-refractivity contribution >= 4 is 0 Å². The molecule has 3 heteroatoms. The molecule has 0 saturated carbocycles. The lowest BCUT2D eigenvalue weighted by Gasteiger charge is -2.11. The summed E-state index contributed by atoms with van der Waals surface area (Å²) < 4.78 is 13.4. The summed E-state index contributed by atoms with van der Waals surface area (Å²) in [4.78, 5) is 0. The molecule has 0 spiro atoms.